The maximum atomic E-state index is 11.0. The van der Waals surface area contributed by atoms with Crippen molar-refractivity contribution >= 4 is 21.6 Å². The lowest BCUT2D eigenvalue weighted by atomic mass is 9.99. The first kappa shape index (κ1) is 16.2. The van der Waals surface area contributed by atoms with Crippen molar-refractivity contribution in [3.63, 3.8) is 0 Å². The number of hydrogen-bond acceptors (Lipinski definition) is 6. The number of nitro groups is 1. The number of nitrogens with one attached hydrogen (secondary N) is 1. The molecule has 1 aromatic rings. The lowest BCUT2D eigenvalue weighted by Crippen LogP contribution is -2.45. The van der Waals surface area contributed by atoms with E-state index in [0.717, 1.165) is 26.2 Å². The third kappa shape index (κ3) is 3.70. The molecule has 7 nitrogen and oxygen atoms in total. The summed E-state index contributed by atoms with van der Waals surface area (Å²) in [6, 6.07) is 2.73. The number of nitrogens with zero attached hydrogens (tertiary/aromatic N) is 2. The molecule has 2 rings (SSSR count). The van der Waals surface area contributed by atoms with Gasteiger partial charge in [-0.3, -0.25) is 15.0 Å². The van der Waals surface area contributed by atoms with Crippen LogP contribution >= 0.6 is 15.9 Å². The molecule has 1 saturated heterocycles. The van der Waals surface area contributed by atoms with Gasteiger partial charge in [0.15, 0.2) is 5.75 Å². The number of aliphatic hydroxyl groups excluding tert-OH is 1. The summed E-state index contributed by atoms with van der Waals surface area (Å²) in [7, 11) is 0. The number of piperazine rings is 1. The lowest BCUT2D eigenvalue weighted by molar-refractivity contribution is -0.386. The smallest absolute Gasteiger partial charge is 0.312 e. The highest BCUT2D eigenvalue weighted by atomic mass is 79.9. The molecule has 0 saturated carbocycles. The minimum Gasteiger partial charge on any atom is -0.502 e. The van der Waals surface area contributed by atoms with Crippen LogP contribution in [0.25, 0.3) is 0 Å². The second kappa shape index (κ2) is 7.17. The quantitative estimate of drug-likeness (QED) is 0.542. The molecule has 3 N–H and O–H groups in total. The summed E-state index contributed by atoms with van der Waals surface area (Å²) in [5, 5.41) is 33.8. The summed E-state index contributed by atoms with van der Waals surface area (Å²) < 4.78 is 0.542. The summed E-state index contributed by atoms with van der Waals surface area (Å²) in [6.45, 7) is 3.13. The van der Waals surface area contributed by atoms with E-state index in [1.54, 1.807) is 6.07 Å². The normalized spacial score (nSPS) is 17.6. The highest BCUT2D eigenvalue weighted by Crippen LogP contribution is 2.39. The van der Waals surface area contributed by atoms with E-state index < -0.39 is 4.92 Å². The first-order valence-corrected chi connectivity index (χ1v) is 7.56. The van der Waals surface area contributed by atoms with Crippen LogP contribution in [0.2, 0.25) is 0 Å². The van der Waals surface area contributed by atoms with E-state index in [4.69, 9.17) is 0 Å². The Kier molecular flexibility index (Phi) is 5.51. The van der Waals surface area contributed by atoms with Crippen LogP contribution < -0.4 is 5.32 Å². The zero-order valence-electron chi connectivity index (χ0n) is 11.5. The molecule has 1 heterocycles. The van der Waals surface area contributed by atoms with Crippen molar-refractivity contribution in [2.24, 2.45) is 0 Å². The van der Waals surface area contributed by atoms with Gasteiger partial charge in [-0.15, -0.1) is 0 Å². The van der Waals surface area contributed by atoms with E-state index in [0.29, 0.717) is 16.5 Å². The van der Waals surface area contributed by atoms with Crippen LogP contribution in [0.15, 0.2) is 16.6 Å². The predicted octanol–water partition coefficient (Wildman–Crippen LogP) is 1.39. The number of hydrogen-bond donors (Lipinski definition) is 3. The molecule has 0 bridgehead atoms. The fraction of sp³-hybridized carbons (Fsp3) is 0.538. The summed E-state index contributed by atoms with van der Waals surface area (Å²) in [5.41, 5.74) is 0.157. The van der Waals surface area contributed by atoms with Crippen molar-refractivity contribution in [3.05, 3.63) is 32.3 Å². The monoisotopic (exact) mass is 359 g/mol. The van der Waals surface area contributed by atoms with Crippen LogP contribution in [0.4, 0.5) is 5.69 Å². The summed E-state index contributed by atoms with van der Waals surface area (Å²) in [5.74, 6) is -0.319. The summed E-state index contributed by atoms with van der Waals surface area (Å²) in [4.78, 5) is 12.6. The van der Waals surface area contributed by atoms with Crippen molar-refractivity contribution < 1.29 is 15.1 Å². The molecule has 116 valence electrons. The Morgan fingerprint density at radius 1 is 1.43 bits per heavy atom. The molecule has 21 heavy (non-hydrogen) atoms. The molecule has 1 atom stereocenters. The molecule has 1 aromatic carbocycles. The van der Waals surface area contributed by atoms with Gasteiger partial charge in [0.05, 0.1) is 4.92 Å². The molecule has 8 heteroatoms. The number of aromatic hydroxyl groups is 1. The molecule has 1 aliphatic rings. The third-order valence-electron chi connectivity index (χ3n) is 3.63. The average Bonchev–Trinajstić information content (AvgIpc) is 2.47. The van der Waals surface area contributed by atoms with Crippen LogP contribution in [-0.2, 0) is 0 Å². The van der Waals surface area contributed by atoms with Gasteiger partial charge in [0, 0.05) is 54.9 Å². The molecular weight excluding hydrogens is 342 g/mol. The largest absolute Gasteiger partial charge is 0.502 e. The molecule has 1 aliphatic heterocycles. The van der Waals surface area contributed by atoms with Crippen LogP contribution in [0.1, 0.15) is 18.0 Å². The van der Waals surface area contributed by atoms with E-state index in [1.807, 2.05) is 0 Å². The molecule has 0 radical (unpaired) electrons. The number of aliphatic hydroxyl groups is 1. The van der Waals surface area contributed by atoms with E-state index in [2.05, 4.69) is 26.1 Å². The maximum Gasteiger partial charge on any atom is 0.312 e. The zero-order chi connectivity index (χ0) is 15.4. The minimum atomic E-state index is -0.600. The topological polar surface area (TPSA) is 98.9 Å². The fourth-order valence-electron chi connectivity index (χ4n) is 2.65. The molecular formula is C13H18BrN3O4. The Balaban J connectivity index is 2.41. The fourth-order valence-corrected chi connectivity index (χ4v) is 3.11. The number of phenols is 1. The van der Waals surface area contributed by atoms with Gasteiger partial charge in [-0.1, -0.05) is 15.9 Å². The average molecular weight is 360 g/mol. The Bertz CT molecular complexity index is 520. The Labute approximate surface area is 130 Å². The van der Waals surface area contributed by atoms with Crippen LogP contribution in [0, 0.1) is 10.1 Å². The first-order valence-electron chi connectivity index (χ1n) is 6.77. The van der Waals surface area contributed by atoms with Crippen LogP contribution in [-0.4, -0.2) is 52.8 Å². The van der Waals surface area contributed by atoms with Gasteiger partial charge in [-0.05, 0) is 12.5 Å². The van der Waals surface area contributed by atoms with Crippen LogP contribution in [0.5, 0.6) is 5.75 Å². The molecule has 0 aliphatic carbocycles. The summed E-state index contributed by atoms with van der Waals surface area (Å²) >= 11 is 3.25. The van der Waals surface area contributed by atoms with Crippen molar-refractivity contribution in [2.75, 3.05) is 32.8 Å². The van der Waals surface area contributed by atoms with Gasteiger partial charge in [0.1, 0.15) is 0 Å². The van der Waals surface area contributed by atoms with E-state index in [1.165, 1.54) is 6.07 Å². The SMILES string of the molecule is O=[N+]([O-])c1cc(Br)cc([C@H](CCO)N2CCNCC2)c1O. The second-order valence-corrected chi connectivity index (χ2v) is 5.85. The highest BCUT2D eigenvalue weighted by Gasteiger charge is 2.28. The van der Waals surface area contributed by atoms with Gasteiger partial charge < -0.3 is 15.5 Å². The second-order valence-electron chi connectivity index (χ2n) is 4.93. The third-order valence-corrected chi connectivity index (χ3v) is 4.09. The number of halogens is 1. The van der Waals surface area contributed by atoms with Gasteiger partial charge in [-0.2, -0.15) is 0 Å². The van der Waals surface area contributed by atoms with E-state index >= 15 is 0 Å². The van der Waals surface area contributed by atoms with E-state index in [9.17, 15) is 20.3 Å². The van der Waals surface area contributed by atoms with Gasteiger partial charge in [0.2, 0.25) is 0 Å². The van der Waals surface area contributed by atoms with Crippen molar-refractivity contribution in [1.82, 2.24) is 10.2 Å². The van der Waals surface area contributed by atoms with Crippen molar-refractivity contribution in [1.29, 1.82) is 0 Å². The standard InChI is InChI=1S/C13H18BrN3O4/c14-9-7-10(13(19)12(8-9)17(20)21)11(1-6-18)16-4-2-15-3-5-16/h7-8,11,15,18-19H,1-6H2/t11-/m0/s1. The maximum absolute atomic E-state index is 11.0. The Morgan fingerprint density at radius 3 is 2.67 bits per heavy atom. The number of phenolic OH excluding ortho intramolecular Hbond substituents is 1. The minimum absolute atomic E-state index is 0.0473. The van der Waals surface area contributed by atoms with Crippen LogP contribution in [0.3, 0.4) is 0 Å². The van der Waals surface area contributed by atoms with Gasteiger partial charge >= 0.3 is 5.69 Å². The number of nitro benzene ring substituents is 1. The van der Waals surface area contributed by atoms with Gasteiger partial charge in [0.25, 0.3) is 0 Å². The molecule has 0 unspecified atom stereocenters. The molecule has 1 fully saturated rings. The lowest BCUT2D eigenvalue weighted by Gasteiger charge is -2.35. The highest BCUT2D eigenvalue weighted by molar-refractivity contribution is 9.10. The van der Waals surface area contributed by atoms with Gasteiger partial charge in [-0.25, -0.2) is 0 Å². The predicted molar refractivity (Wildman–Crippen MR) is 81.3 cm³/mol. The number of benzene rings is 1. The Morgan fingerprint density at radius 2 is 2.10 bits per heavy atom. The molecule has 0 spiro atoms. The van der Waals surface area contributed by atoms with Crippen molar-refractivity contribution in [2.45, 2.75) is 12.5 Å². The first-order chi connectivity index (χ1) is 10.0. The van der Waals surface area contributed by atoms with Crippen molar-refractivity contribution in [3.8, 4) is 5.75 Å². The molecule has 0 aromatic heterocycles. The molecule has 0 amide bonds. The van der Waals surface area contributed by atoms with E-state index in [-0.39, 0.29) is 24.1 Å². The number of rotatable bonds is 5. The summed E-state index contributed by atoms with van der Waals surface area (Å²) in [6.07, 6.45) is 0.418. The zero-order valence-corrected chi connectivity index (χ0v) is 13.0. The Hall–Kier alpha value is -1.22.